The highest BCUT2D eigenvalue weighted by Crippen LogP contribution is 2.16. The predicted molar refractivity (Wildman–Crippen MR) is 52.6 cm³/mol. The number of aliphatic hydroxyl groups is 1. The van der Waals surface area contributed by atoms with Gasteiger partial charge in [0.15, 0.2) is 0 Å². The molecule has 0 saturated heterocycles. The van der Waals surface area contributed by atoms with E-state index in [9.17, 15) is 4.79 Å². The zero-order valence-electron chi connectivity index (χ0n) is 8.31. The number of hydrogen-bond donors (Lipinski definition) is 1. The molecule has 14 heavy (non-hydrogen) atoms. The Balaban J connectivity index is 2.59. The zero-order chi connectivity index (χ0) is 10.6. The average Bonchev–Trinajstić information content (AvgIpc) is 2.19. The van der Waals surface area contributed by atoms with Crippen LogP contribution in [-0.2, 0) is 9.53 Å². The van der Waals surface area contributed by atoms with Gasteiger partial charge in [0.2, 0.25) is 0 Å². The fraction of sp³-hybridized carbons (Fsp3) is 0.364. The van der Waals surface area contributed by atoms with E-state index in [0.717, 1.165) is 5.56 Å². The minimum Gasteiger partial charge on any atom is -0.456 e. The first kappa shape index (κ1) is 10.7. The highest BCUT2D eigenvalue weighted by atomic mass is 16.6. The molecule has 0 spiro atoms. The first-order valence-electron chi connectivity index (χ1n) is 4.54. The number of esters is 1. The Hall–Kier alpha value is -1.35. The molecule has 0 amide bonds. The first-order valence-corrected chi connectivity index (χ1v) is 4.54. The van der Waals surface area contributed by atoms with Gasteiger partial charge in [-0.25, -0.2) is 4.79 Å². The van der Waals surface area contributed by atoms with Crippen LogP contribution >= 0.6 is 0 Å². The van der Waals surface area contributed by atoms with Crippen LogP contribution in [0.2, 0.25) is 0 Å². The molecule has 3 heteroatoms. The van der Waals surface area contributed by atoms with Crippen LogP contribution in [0.15, 0.2) is 30.3 Å². The number of rotatable bonds is 3. The van der Waals surface area contributed by atoms with Crippen molar-refractivity contribution in [2.45, 2.75) is 26.1 Å². The second-order valence-corrected chi connectivity index (χ2v) is 3.17. The maximum atomic E-state index is 11.1. The molecule has 1 aromatic rings. The van der Waals surface area contributed by atoms with Crippen LogP contribution in [0.1, 0.15) is 25.5 Å². The van der Waals surface area contributed by atoms with Crippen molar-refractivity contribution in [3.8, 4) is 0 Å². The third kappa shape index (κ3) is 2.85. The molecule has 0 bridgehead atoms. The van der Waals surface area contributed by atoms with E-state index in [2.05, 4.69) is 0 Å². The minimum atomic E-state index is -1.07. The summed E-state index contributed by atoms with van der Waals surface area (Å²) in [5.74, 6) is -0.596. The molecule has 1 N–H and O–H groups in total. The summed E-state index contributed by atoms with van der Waals surface area (Å²) < 4.78 is 5.01. The second kappa shape index (κ2) is 4.77. The number of carbonyl (C=O) groups excluding carboxylic acids is 1. The summed E-state index contributed by atoms with van der Waals surface area (Å²) >= 11 is 0. The van der Waals surface area contributed by atoms with Gasteiger partial charge < -0.3 is 9.84 Å². The van der Waals surface area contributed by atoms with Crippen molar-refractivity contribution in [2.75, 3.05) is 0 Å². The van der Waals surface area contributed by atoms with Gasteiger partial charge in [-0.05, 0) is 19.4 Å². The van der Waals surface area contributed by atoms with E-state index in [4.69, 9.17) is 9.84 Å². The van der Waals surface area contributed by atoms with Crippen LogP contribution in [0.4, 0.5) is 0 Å². The number of aliphatic hydroxyl groups excluding tert-OH is 1. The Bertz CT molecular complexity index is 293. The summed E-state index contributed by atoms with van der Waals surface area (Å²) in [5, 5.41) is 8.94. The molecule has 3 nitrogen and oxygen atoms in total. The molecular weight excluding hydrogens is 180 g/mol. The molecule has 0 aliphatic rings. The molecule has 1 aromatic carbocycles. The molecule has 0 radical (unpaired) electrons. The van der Waals surface area contributed by atoms with Crippen LogP contribution < -0.4 is 0 Å². The van der Waals surface area contributed by atoms with E-state index in [1.807, 2.05) is 30.3 Å². The Morgan fingerprint density at radius 3 is 2.36 bits per heavy atom. The quantitative estimate of drug-likeness (QED) is 0.744. The molecule has 0 aromatic heterocycles. The lowest BCUT2D eigenvalue weighted by molar-refractivity contribution is -0.157. The molecule has 2 unspecified atom stereocenters. The smallest absolute Gasteiger partial charge is 0.335 e. The maximum absolute atomic E-state index is 11.1. The minimum absolute atomic E-state index is 0.321. The van der Waals surface area contributed by atoms with Crippen molar-refractivity contribution in [1.29, 1.82) is 0 Å². The van der Waals surface area contributed by atoms with Gasteiger partial charge in [0, 0.05) is 0 Å². The molecule has 0 heterocycles. The van der Waals surface area contributed by atoms with Crippen molar-refractivity contribution in [2.24, 2.45) is 0 Å². The summed E-state index contributed by atoms with van der Waals surface area (Å²) in [7, 11) is 0. The first-order chi connectivity index (χ1) is 6.61. The van der Waals surface area contributed by atoms with Crippen molar-refractivity contribution in [1.82, 2.24) is 0 Å². The van der Waals surface area contributed by atoms with E-state index in [-0.39, 0.29) is 6.10 Å². The summed E-state index contributed by atoms with van der Waals surface area (Å²) in [6, 6.07) is 9.40. The molecule has 1 rings (SSSR count). The Labute approximate surface area is 83.3 Å². The van der Waals surface area contributed by atoms with Crippen molar-refractivity contribution >= 4 is 5.97 Å². The van der Waals surface area contributed by atoms with E-state index in [0.29, 0.717) is 0 Å². The van der Waals surface area contributed by atoms with Crippen LogP contribution in [-0.4, -0.2) is 17.2 Å². The fourth-order valence-corrected chi connectivity index (χ4v) is 1.06. The van der Waals surface area contributed by atoms with Gasteiger partial charge in [0.05, 0.1) is 0 Å². The fourth-order valence-electron chi connectivity index (χ4n) is 1.06. The molecule has 0 fully saturated rings. The molecule has 0 aliphatic carbocycles. The van der Waals surface area contributed by atoms with Crippen molar-refractivity contribution in [3.63, 3.8) is 0 Å². The van der Waals surface area contributed by atoms with E-state index < -0.39 is 12.1 Å². The van der Waals surface area contributed by atoms with Gasteiger partial charge in [-0.3, -0.25) is 0 Å². The number of ether oxygens (including phenoxy) is 1. The van der Waals surface area contributed by atoms with Gasteiger partial charge in [-0.2, -0.15) is 0 Å². The number of carbonyl (C=O) groups is 1. The van der Waals surface area contributed by atoms with Gasteiger partial charge in [0.1, 0.15) is 12.2 Å². The SMILES string of the molecule is CC(O)C(=O)OC(C)c1ccccc1. The summed E-state index contributed by atoms with van der Waals surface area (Å²) in [6.07, 6.45) is -1.39. The lowest BCUT2D eigenvalue weighted by Crippen LogP contribution is -2.20. The highest BCUT2D eigenvalue weighted by Gasteiger charge is 2.15. The van der Waals surface area contributed by atoms with Gasteiger partial charge in [0.25, 0.3) is 0 Å². The van der Waals surface area contributed by atoms with Gasteiger partial charge in [-0.15, -0.1) is 0 Å². The Morgan fingerprint density at radius 1 is 1.29 bits per heavy atom. The molecule has 0 aliphatic heterocycles. The summed E-state index contributed by atoms with van der Waals surface area (Å²) in [6.45, 7) is 3.16. The third-order valence-electron chi connectivity index (χ3n) is 1.90. The zero-order valence-corrected chi connectivity index (χ0v) is 8.31. The maximum Gasteiger partial charge on any atom is 0.335 e. The number of hydrogen-bond acceptors (Lipinski definition) is 3. The molecule has 76 valence electrons. The largest absolute Gasteiger partial charge is 0.456 e. The summed E-state index contributed by atoms with van der Waals surface area (Å²) in [4.78, 5) is 11.1. The highest BCUT2D eigenvalue weighted by molar-refractivity contribution is 5.74. The number of benzene rings is 1. The lowest BCUT2D eigenvalue weighted by atomic mass is 10.1. The van der Waals surface area contributed by atoms with E-state index in [1.165, 1.54) is 6.92 Å². The van der Waals surface area contributed by atoms with Crippen LogP contribution in [0.3, 0.4) is 0 Å². The molecular formula is C11H14O3. The van der Waals surface area contributed by atoms with Gasteiger partial charge in [-0.1, -0.05) is 30.3 Å². The van der Waals surface area contributed by atoms with Crippen molar-refractivity contribution < 1.29 is 14.6 Å². The van der Waals surface area contributed by atoms with E-state index >= 15 is 0 Å². The van der Waals surface area contributed by atoms with E-state index in [1.54, 1.807) is 6.92 Å². The normalized spacial score (nSPS) is 14.5. The molecule has 0 saturated carbocycles. The predicted octanol–water partition coefficient (Wildman–Crippen LogP) is 1.67. The standard InChI is InChI=1S/C11H14O3/c1-8(12)11(13)14-9(2)10-6-4-3-5-7-10/h3-9,12H,1-2H3. The average molecular weight is 194 g/mol. The Kier molecular flexibility index (Phi) is 3.65. The topological polar surface area (TPSA) is 46.5 Å². The van der Waals surface area contributed by atoms with Crippen LogP contribution in [0, 0.1) is 0 Å². The van der Waals surface area contributed by atoms with Crippen molar-refractivity contribution in [3.05, 3.63) is 35.9 Å². The monoisotopic (exact) mass is 194 g/mol. The van der Waals surface area contributed by atoms with Crippen LogP contribution in [0.5, 0.6) is 0 Å². The molecule has 2 atom stereocenters. The Morgan fingerprint density at radius 2 is 1.86 bits per heavy atom. The van der Waals surface area contributed by atoms with Gasteiger partial charge >= 0.3 is 5.97 Å². The summed E-state index contributed by atoms with van der Waals surface area (Å²) in [5.41, 5.74) is 0.918. The third-order valence-corrected chi connectivity index (χ3v) is 1.90. The second-order valence-electron chi connectivity index (χ2n) is 3.17. The lowest BCUT2D eigenvalue weighted by Gasteiger charge is -2.14. The van der Waals surface area contributed by atoms with Crippen LogP contribution in [0.25, 0.3) is 0 Å².